The van der Waals surface area contributed by atoms with Gasteiger partial charge in [0.2, 0.25) is 0 Å². The lowest BCUT2D eigenvalue weighted by Gasteiger charge is -2.28. The smallest absolute Gasteiger partial charge is 0.283 e. The van der Waals surface area contributed by atoms with Crippen molar-refractivity contribution in [3.63, 3.8) is 0 Å². The molecule has 2 N–H and O–H groups in total. The molecule has 2 aromatic heterocycles. The summed E-state index contributed by atoms with van der Waals surface area (Å²) in [5.41, 5.74) is -0.800. The number of halogens is 2. The van der Waals surface area contributed by atoms with Gasteiger partial charge < -0.3 is 5.32 Å². The maximum Gasteiger partial charge on any atom is 0.283 e. The van der Waals surface area contributed by atoms with Crippen LogP contribution in [0.5, 0.6) is 0 Å². The minimum atomic E-state index is -2.97. The van der Waals surface area contributed by atoms with E-state index in [1.54, 1.807) is 37.8 Å². The van der Waals surface area contributed by atoms with Crippen LogP contribution in [0.2, 0.25) is 0 Å². The SMILES string of the molecule is C[N+](O)(S)C1(CNc2ncc(-c3ccc(C(F)(F)P)cc3)c3nccnc23)CC1. The van der Waals surface area contributed by atoms with Crippen LogP contribution in [0.1, 0.15) is 18.4 Å². The predicted molar refractivity (Wildman–Crippen MR) is 114 cm³/mol. The van der Waals surface area contributed by atoms with Gasteiger partial charge in [-0.15, -0.1) is 4.05 Å². The number of nitrogens with one attached hydrogen (secondary N) is 1. The fourth-order valence-corrected chi connectivity index (χ4v) is 3.78. The summed E-state index contributed by atoms with van der Waals surface area (Å²) in [5, 5.41) is 13.5. The van der Waals surface area contributed by atoms with Crippen LogP contribution in [0.25, 0.3) is 22.2 Å². The molecule has 10 heteroatoms. The normalized spacial score (nSPS) is 17.7. The van der Waals surface area contributed by atoms with E-state index in [-0.39, 0.29) is 11.1 Å². The zero-order valence-electron chi connectivity index (χ0n) is 15.7. The number of alkyl halides is 2. The largest absolute Gasteiger partial charge is 0.362 e. The topological polar surface area (TPSA) is 70.9 Å². The third-order valence-electron chi connectivity index (χ3n) is 5.39. The molecule has 0 bridgehead atoms. The third kappa shape index (κ3) is 3.92. The maximum atomic E-state index is 13.5. The molecule has 1 aromatic carbocycles. The van der Waals surface area contributed by atoms with Gasteiger partial charge in [-0.05, 0) is 5.56 Å². The zero-order valence-corrected chi connectivity index (χ0v) is 17.7. The quantitative estimate of drug-likeness (QED) is 0.233. The summed E-state index contributed by atoms with van der Waals surface area (Å²) in [6.45, 7) is 0.486. The van der Waals surface area contributed by atoms with Gasteiger partial charge >= 0.3 is 0 Å². The molecule has 2 heterocycles. The van der Waals surface area contributed by atoms with Crippen LogP contribution in [0.4, 0.5) is 14.6 Å². The van der Waals surface area contributed by atoms with Crippen LogP contribution in [0.15, 0.2) is 42.9 Å². The van der Waals surface area contributed by atoms with Crippen molar-refractivity contribution in [1.29, 1.82) is 0 Å². The third-order valence-corrected chi connectivity index (χ3v) is 6.15. The van der Waals surface area contributed by atoms with E-state index in [0.717, 1.165) is 18.4 Å². The van der Waals surface area contributed by atoms with Gasteiger partial charge in [-0.1, -0.05) is 33.5 Å². The fraction of sp³-hybridized carbons (Fsp3) is 0.316. The van der Waals surface area contributed by atoms with Crippen molar-refractivity contribution < 1.29 is 18.0 Å². The number of benzene rings is 1. The highest BCUT2D eigenvalue weighted by Crippen LogP contribution is 2.46. The predicted octanol–water partition coefficient (Wildman–Crippen LogP) is 4.24. The number of anilines is 1. The standard InChI is InChI=1S/C19H21F2N5OPS/c1-26(27,29)18(6-7-18)11-25-17-16-15(22-8-9-23-16)14(10-24-17)12-2-4-13(5-3-12)19(20,21)28/h2-5,8-10,27,29H,6-7,11,28H2,1H3,(H,24,25)/q+1. The van der Waals surface area contributed by atoms with Crippen LogP contribution >= 0.6 is 22.1 Å². The molecule has 1 saturated carbocycles. The molecule has 0 radical (unpaired) electrons. The van der Waals surface area contributed by atoms with Crippen LogP contribution < -0.4 is 5.32 Å². The molecule has 3 aromatic rings. The molecule has 6 nitrogen and oxygen atoms in total. The highest BCUT2D eigenvalue weighted by molar-refractivity contribution is 7.74. The first kappa shape index (κ1) is 20.3. The molecule has 0 saturated heterocycles. The Bertz CT molecular complexity index is 1050. The number of pyridine rings is 1. The van der Waals surface area contributed by atoms with Gasteiger partial charge in [0.1, 0.15) is 18.1 Å². The Morgan fingerprint density at radius 3 is 2.34 bits per heavy atom. The van der Waals surface area contributed by atoms with Crippen molar-refractivity contribution >= 4 is 38.9 Å². The number of fused-ring (bicyclic) bond motifs is 1. The molecule has 1 fully saturated rings. The summed E-state index contributed by atoms with van der Waals surface area (Å²) >= 11 is 4.26. The summed E-state index contributed by atoms with van der Waals surface area (Å²) in [4.78, 5) is 13.3. The summed E-state index contributed by atoms with van der Waals surface area (Å²) in [6, 6.07) is 6.03. The van der Waals surface area contributed by atoms with Crippen molar-refractivity contribution in [2.24, 2.45) is 0 Å². The second kappa shape index (κ2) is 7.09. The van der Waals surface area contributed by atoms with Gasteiger partial charge in [-0.25, -0.2) is 15.2 Å². The van der Waals surface area contributed by atoms with Crippen LogP contribution in [-0.4, -0.2) is 43.3 Å². The number of likely N-dealkylation sites (N-methyl/N-ethyl adjacent to an activating group) is 1. The van der Waals surface area contributed by atoms with Crippen molar-refractivity contribution in [3.8, 4) is 11.1 Å². The van der Waals surface area contributed by atoms with E-state index in [1.165, 1.54) is 21.4 Å². The second-order valence-corrected chi connectivity index (χ2v) is 8.97. The Hall–Kier alpha value is -1.93. The Labute approximate surface area is 174 Å². The average molecular weight is 436 g/mol. The van der Waals surface area contributed by atoms with E-state index < -0.39 is 9.72 Å². The van der Waals surface area contributed by atoms with E-state index in [2.05, 4.69) is 33.1 Å². The van der Waals surface area contributed by atoms with Crippen molar-refractivity contribution in [3.05, 3.63) is 48.4 Å². The molecule has 29 heavy (non-hydrogen) atoms. The summed E-state index contributed by atoms with van der Waals surface area (Å²) in [7, 11) is 3.17. The van der Waals surface area contributed by atoms with E-state index in [1.807, 2.05) is 0 Å². The molecule has 1 aliphatic carbocycles. The molecule has 4 rings (SSSR count). The number of rotatable bonds is 6. The van der Waals surface area contributed by atoms with Crippen LogP contribution in [-0.2, 0) is 5.66 Å². The summed E-state index contributed by atoms with van der Waals surface area (Å²) in [6.07, 6.45) is 6.52. The Morgan fingerprint density at radius 1 is 1.17 bits per heavy atom. The number of aromatic nitrogens is 3. The first-order chi connectivity index (χ1) is 13.6. The van der Waals surface area contributed by atoms with Gasteiger partial charge in [-0.2, -0.15) is 8.78 Å². The first-order valence-corrected chi connectivity index (χ1v) is 10.0. The zero-order chi connectivity index (χ0) is 20.9. The van der Waals surface area contributed by atoms with Crippen LogP contribution in [0, 0.1) is 0 Å². The molecular formula is C19H21F2N5OPS+. The number of quaternary nitrogens is 1. The Balaban J connectivity index is 1.67. The molecule has 0 aliphatic heterocycles. The van der Waals surface area contributed by atoms with Gasteiger partial charge in [-0.3, -0.25) is 4.98 Å². The lowest BCUT2D eigenvalue weighted by atomic mass is 10.0. The Kier molecular flexibility index (Phi) is 4.98. The van der Waals surface area contributed by atoms with Crippen molar-refractivity contribution in [2.45, 2.75) is 24.0 Å². The summed E-state index contributed by atoms with van der Waals surface area (Å²) in [5.74, 6) is 0.554. The Morgan fingerprint density at radius 2 is 1.79 bits per heavy atom. The fourth-order valence-electron chi connectivity index (χ4n) is 3.32. The van der Waals surface area contributed by atoms with Gasteiger partial charge in [0.15, 0.2) is 11.4 Å². The highest BCUT2D eigenvalue weighted by Gasteiger charge is 2.58. The first-order valence-electron chi connectivity index (χ1n) is 9.04. The van der Waals surface area contributed by atoms with Crippen molar-refractivity contribution in [2.75, 3.05) is 18.9 Å². The lowest BCUT2D eigenvalue weighted by molar-refractivity contribution is -1.00. The molecule has 2 atom stereocenters. The number of thiol groups is 1. The monoisotopic (exact) mass is 436 g/mol. The summed E-state index contributed by atoms with van der Waals surface area (Å²) < 4.78 is 26.5. The van der Waals surface area contributed by atoms with Gasteiger partial charge in [0.25, 0.3) is 5.66 Å². The molecule has 152 valence electrons. The van der Waals surface area contributed by atoms with E-state index >= 15 is 0 Å². The minimum Gasteiger partial charge on any atom is -0.362 e. The van der Waals surface area contributed by atoms with Gasteiger partial charge in [0.05, 0.1) is 19.4 Å². The molecule has 1 aliphatic rings. The second-order valence-electron chi connectivity index (χ2n) is 7.47. The lowest BCUT2D eigenvalue weighted by Crippen LogP contribution is -2.47. The maximum absolute atomic E-state index is 13.5. The number of nitrogens with zero attached hydrogens (tertiary/aromatic N) is 4. The van der Waals surface area contributed by atoms with Gasteiger partial charge in [0, 0.05) is 42.6 Å². The molecule has 0 spiro atoms. The molecular weight excluding hydrogens is 415 g/mol. The molecule has 0 amide bonds. The van der Waals surface area contributed by atoms with E-state index in [9.17, 15) is 14.0 Å². The van der Waals surface area contributed by atoms with E-state index in [4.69, 9.17) is 0 Å². The number of hydrogen-bond donors (Lipinski definition) is 3. The van der Waals surface area contributed by atoms with Crippen molar-refractivity contribution in [1.82, 2.24) is 15.0 Å². The molecule has 2 unspecified atom stereocenters. The minimum absolute atomic E-state index is 0.0838. The average Bonchev–Trinajstić information content (AvgIpc) is 3.47. The highest BCUT2D eigenvalue weighted by atomic mass is 32.1. The van der Waals surface area contributed by atoms with Crippen LogP contribution in [0.3, 0.4) is 0 Å². The number of hydrogen-bond acceptors (Lipinski definition) is 6. The van der Waals surface area contributed by atoms with E-state index in [0.29, 0.717) is 29.0 Å². The number of hydroxylamine groups is 2.